The van der Waals surface area contributed by atoms with Crippen molar-refractivity contribution < 1.29 is 14.7 Å². The van der Waals surface area contributed by atoms with E-state index in [9.17, 15) is 14.7 Å². The lowest BCUT2D eigenvalue weighted by Crippen LogP contribution is -2.47. The van der Waals surface area contributed by atoms with Gasteiger partial charge in [-0.1, -0.05) is 19.3 Å². The van der Waals surface area contributed by atoms with E-state index in [1.807, 2.05) is 20.8 Å². The summed E-state index contributed by atoms with van der Waals surface area (Å²) >= 11 is 0. The number of hydrogen-bond acceptors (Lipinski definition) is 3. The van der Waals surface area contributed by atoms with Gasteiger partial charge in [-0.25, -0.2) is 0 Å². The summed E-state index contributed by atoms with van der Waals surface area (Å²) in [7, 11) is 0. The molecule has 120 valence electrons. The van der Waals surface area contributed by atoms with E-state index in [2.05, 4.69) is 5.32 Å². The normalized spacial score (nSPS) is 26.0. The third-order valence-corrected chi connectivity index (χ3v) is 4.68. The minimum absolute atomic E-state index is 0.0408. The summed E-state index contributed by atoms with van der Waals surface area (Å²) in [4.78, 5) is 26.0. The van der Waals surface area contributed by atoms with E-state index >= 15 is 0 Å². The quantitative estimate of drug-likeness (QED) is 0.828. The summed E-state index contributed by atoms with van der Waals surface area (Å²) in [6, 6.07) is 0. The van der Waals surface area contributed by atoms with E-state index in [1.165, 1.54) is 0 Å². The van der Waals surface area contributed by atoms with Gasteiger partial charge < -0.3 is 15.3 Å². The van der Waals surface area contributed by atoms with Crippen molar-refractivity contribution in [2.45, 2.75) is 70.4 Å². The van der Waals surface area contributed by atoms with Crippen LogP contribution in [0.3, 0.4) is 0 Å². The number of carbonyl (C=O) groups excluding carboxylic acids is 2. The fraction of sp³-hybridized carbons (Fsp3) is 0.875. The summed E-state index contributed by atoms with van der Waals surface area (Å²) in [6.07, 6.45) is 4.99. The van der Waals surface area contributed by atoms with Crippen molar-refractivity contribution in [3.63, 3.8) is 0 Å². The molecule has 1 heterocycles. The molecule has 1 saturated heterocycles. The molecular formula is C16H28N2O3. The summed E-state index contributed by atoms with van der Waals surface area (Å²) in [6.45, 7) is 6.74. The molecule has 1 aliphatic carbocycles. The van der Waals surface area contributed by atoms with E-state index in [-0.39, 0.29) is 29.7 Å². The summed E-state index contributed by atoms with van der Waals surface area (Å²) in [5, 5.41) is 13.3. The number of likely N-dealkylation sites (tertiary alicyclic amines) is 1. The Labute approximate surface area is 127 Å². The van der Waals surface area contributed by atoms with E-state index in [0.29, 0.717) is 13.1 Å². The van der Waals surface area contributed by atoms with Crippen LogP contribution in [0.5, 0.6) is 0 Å². The molecule has 5 heteroatoms. The first-order valence-electron chi connectivity index (χ1n) is 8.02. The molecule has 0 radical (unpaired) electrons. The number of rotatable bonds is 3. The minimum atomic E-state index is -0.750. The van der Waals surface area contributed by atoms with Crippen molar-refractivity contribution in [1.82, 2.24) is 10.2 Å². The third-order valence-electron chi connectivity index (χ3n) is 4.68. The van der Waals surface area contributed by atoms with Crippen molar-refractivity contribution in [2.75, 3.05) is 13.1 Å². The Morgan fingerprint density at radius 3 is 2.48 bits per heavy atom. The van der Waals surface area contributed by atoms with Gasteiger partial charge in [0.25, 0.3) is 0 Å². The SMILES string of the molecule is CC(C)(C)N1CC(C(=O)NCC2(O)CCCCC2)CC1=O. The van der Waals surface area contributed by atoms with Gasteiger partial charge in [0.05, 0.1) is 11.5 Å². The monoisotopic (exact) mass is 296 g/mol. The molecule has 1 aliphatic heterocycles. The second-order valence-electron chi connectivity index (χ2n) is 7.58. The molecule has 2 amide bonds. The molecule has 2 N–H and O–H groups in total. The van der Waals surface area contributed by atoms with Crippen LogP contribution in [-0.4, -0.2) is 46.1 Å². The van der Waals surface area contributed by atoms with E-state index in [1.54, 1.807) is 4.90 Å². The van der Waals surface area contributed by atoms with Crippen LogP contribution in [0.25, 0.3) is 0 Å². The number of hydrogen-bond donors (Lipinski definition) is 2. The summed E-state index contributed by atoms with van der Waals surface area (Å²) in [5.74, 6) is -0.350. The van der Waals surface area contributed by atoms with Gasteiger partial charge >= 0.3 is 0 Å². The highest BCUT2D eigenvalue weighted by molar-refractivity contribution is 5.89. The molecule has 1 atom stereocenters. The van der Waals surface area contributed by atoms with Crippen molar-refractivity contribution in [3.05, 3.63) is 0 Å². The van der Waals surface area contributed by atoms with Crippen LogP contribution in [0.15, 0.2) is 0 Å². The van der Waals surface area contributed by atoms with Gasteiger partial charge in [0, 0.05) is 25.0 Å². The van der Waals surface area contributed by atoms with Gasteiger partial charge in [0.2, 0.25) is 11.8 Å². The van der Waals surface area contributed by atoms with E-state index < -0.39 is 5.60 Å². The Morgan fingerprint density at radius 2 is 1.95 bits per heavy atom. The Hall–Kier alpha value is -1.10. The van der Waals surface area contributed by atoms with E-state index in [4.69, 9.17) is 0 Å². The summed E-state index contributed by atoms with van der Waals surface area (Å²) in [5.41, 5.74) is -0.992. The molecule has 2 fully saturated rings. The molecule has 0 aromatic rings. The van der Waals surface area contributed by atoms with Gasteiger partial charge in [-0.15, -0.1) is 0 Å². The molecule has 2 aliphatic rings. The molecule has 0 aromatic heterocycles. The van der Waals surface area contributed by atoms with Crippen molar-refractivity contribution in [2.24, 2.45) is 5.92 Å². The second kappa shape index (κ2) is 5.95. The molecule has 5 nitrogen and oxygen atoms in total. The lowest BCUT2D eigenvalue weighted by Gasteiger charge is -2.33. The highest BCUT2D eigenvalue weighted by Gasteiger charge is 2.40. The Kier molecular flexibility index (Phi) is 4.61. The second-order valence-corrected chi connectivity index (χ2v) is 7.58. The smallest absolute Gasteiger partial charge is 0.225 e. The van der Waals surface area contributed by atoms with Gasteiger partial charge in [-0.05, 0) is 33.6 Å². The van der Waals surface area contributed by atoms with Gasteiger partial charge in [-0.3, -0.25) is 9.59 Å². The predicted molar refractivity (Wildman–Crippen MR) is 80.6 cm³/mol. The van der Waals surface area contributed by atoms with Gasteiger partial charge in [-0.2, -0.15) is 0 Å². The maximum Gasteiger partial charge on any atom is 0.225 e. The molecule has 2 rings (SSSR count). The molecular weight excluding hydrogens is 268 g/mol. The first-order valence-corrected chi connectivity index (χ1v) is 8.02. The van der Waals surface area contributed by atoms with Crippen LogP contribution in [0, 0.1) is 5.92 Å². The van der Waals surface area contributed by atoms with Gasteiger partial charge in [0.1, 0.15) is 0 Å². The van der Waals surface area contributed by atoms with Crippen LogP contribution in [-0.2, 0) is 9.59 Å². The van der Waals surface area contributed by atoms with Crippen LogP contribution in [0.2, 0.25) is 0 Å². The predicted octanol–water partition coefficient (Wildman–Crippen LogP) is 1.44. The molecule has 1 saturated carbocycles. The minimum Gasteiger partial charge on any atom is -0.388 e. The number of nitrogens with zero attached hydrogens (tertiary/aromatic N) is 1. The Balaban J connectivity index is 1.86. The number of amides is 2. The zero-order valence-electron chi connectivity index (χ0n) is 13.4. The number of aliphatic hydroxyl groups is 1. The lowest BCUT2D eigenvalue weighted by atomic mass is 9.85. The van der Waals surface area contributed by atoms with Crippen molar-refractivity contribution >= 4 is 11.8 Å². The molecule has 0 spiro atoms. The highest BCUT2D eigenvalue weighted by atomic mass is 16.3. The van der Waals surface area contributed by atoms with Gasteiger partial charge in [0.15, 0.2) is 0 Å². The summed E-state index contributed by atoms with van der Waals surface area (Å²) < 4.78 is 0. The first-order chi connectivity index (χ1) is 9.71. The Bertz CT molecular complexity index is 408. The highest BCUT2D eigenvalue weighted by Crippen LogP contribution is 2.28. The maximum atomic E-state index is 12.2. The average molecular weight is 296 g/mol. The molecule has 0 bridgehead atoms. The maximum absolute atomic E-state index is 12.2. The lowest BCUT2D eigenvalue weighted by molar-refractivity contribution is -0.132. The fourth-order valence-electron chi connectivity index (χ4n) is 3.31. The number of carbonyl (C=O) groups is 2. The van der Waals surface area contributed by atoms with Crippen molar-refractivity contribution in [1.29, 1.82) is 0 Å². The van der Waals surface area contributed by atoms with Crippen molar-refractivity contribution in [3.8, 4) is 0 Å². The van der Waals surface area contributed by atoms with E-state index in [0.717, 1.165) is 32.1 Å². The molecule has 21 heavy (non-hydrogen) atoms. The number of nitrogens with one attached hydrogen (secondary N) is 1. The fourth-order valence-corrected chi connectivity index (χ4v) is 3.31. The first kappa shape index (κ1) is 16.3. The van der Waals surface area contributed by atoms with Crippen LogP contribution >= 0.6 is 0 Å². The van der Waals surface area contributed by atoms with Crippen LogP contribution in [0.1, 0.15) is 59.3 Å². The molecule has 0 aromatic carbocycles. The largest absolute Gasteiger partial charge is 0.388 e. The standard InChI is InChI=1S/C16H28N2O3/c1-15(2,3)18-10-12(9-13(18)19)14(20)17-11-16(21)7-5-4-6-8-16/h12,21H,4-11H2,1-3H3,(H,17,20). The topological polar surface area (TPSA) is 69.6 Å². The van der Waals surface area contributed by atoms with Crippen LogP contribution < -0.4 is 5.32 Å². The average Bonchev–Trinajstić information content (AvgIpc) is 2.79. The Morgan fingerprint density at radius 1 is 1.33 bits per heavy atom. The zero-order chi connectivity index (χ0) is 15.7. The third kappa shape index (κ3) is 3.96. The zero-order valence-corrected chi connectivity index (χ0v) is 13.4. The molecule has 1 unspecified atom stereocenters. The van der Waals surface area contributed by atoms with Crippen LogP contribution in [0.4, 0.5) is 0 Å².